The Morgan fingerprint density at radius 2 is 2.19 bits per heavy atom. The van der Waals surface area contributed by atoms with Gasteiger partial charge in [-0.25, -0.2) is 15.0 Å². The number of nitrogens with zero attached hydrogens (tertiary/aromatic N) is 4. The first kappa shape index (κ1) is 20.5. The molecule has 1 saturated carbocycles. The summed E-state index contributed by atoms with van der Waals surface area (Å²) in [5, 5.41) is 4.59. The Bertz CT molecular complexity index is 1340. The fourth-order valence-electron chi connectivity index (χ4n) is 3.59. The lowest BCUT2D eigenvalue weighted by Crippen LogP contribution is -2.20. The molecular formula is C23H23ClN6O2. The van der Waals surface area contributed by atoms with Gasteiger partial charge in [0.1, 0.15) is 5.75 Å². The molecule has 1 fully saturated rings. The van der Waals surface area contributed by atoms with Gasteiger partial charge in [0.2, 0.25) is 5.95 Å². The monoisotopic (exact) mass is 450 g/mol. The van der Waals surface area contributed by atoms with Gasteiger partial charge < -0.3 is 19.6 Å². The Kier molecular flexibility index (Phi) is 5.30. The van der Waals surface area contributed by atoms with E-state index in [1.165, 1.54) is 12.8 Å². The largest absolute Gasteiger partial charge is 0.492 e. The topological polar surface area (TPSA) is 97.7 Å². The van der Waals surface area contributed by atoms with E-state index in [4.69, 9.17) is 16.3 Å². The lowest BCUT2D eigenvalue weighted by Gasteiger charge is -2.15. The lowest BCUT2D eigenvalue weighted by molar-refractivity contribution is 0.300. The highest BCUT2D eigenvalue weighted by atomic mass is 35.5. The van der Waals surface area contributed by atoms with Crippen molar-refractivity contribution in [1.29, 1.82) is 0 Å². The highest BCUT2D eigenvalue weighted by Crippen LogP contribution is 2.34. The number of fused-ring (bicyclic) bond motifs is 1. The predicted octanol–water partition coefficient (Wildman–Crippen LogP) is 4.33. The second-order valence-electron chi connectivity index (χ2n) is 8.20. The number of aromatic nitrogens is 5. The van der Waals surface area contributed by atoms with Crippen LogP contribution in [0, 0.1) is 5.92 Å². The molecule has 0 unspecified atom stereocenters. The van der Waals surface area contributed by atoms with Crippen LogP contribution < -0.4 is 15.6 Å². The molecule has 32 heavy (non-hydrogen) atoms. The number of aromatic amines is 1. The smallest absolute Gasteiger partial charge is 0.253 e. The number of aryl methyl sites for hydroxylation is 1. The highest BCUT2D eigenvalue weighted by molar-refractivity contribution is 6.32. The van der Waals surface area contributed by atoms with Crippen molar-refractivity contribution in [2.45, 2.75) is 25.8 Å². The van der Waals surface area contributed by atoms with Crippen LogP contribution in [0.25, 0.3) is 22.3 Å². The molecule has 1 aromatic carbocycles. The minimum absolute atomic E-state index is 0.184. The van der Waals surface area contributed by atoms with Crippen molar-refractivity contribution in [2.24, 2.45) is 13.0 Å². The summed E-state index contributed by atoms with van der Waals surface area (Å²) in [6, 6.07) is 6.96. The van der Waals surface area contributed by atoms with Gasteiger partial charge in [0.25, 0.3) is 5.56 Å². The Hall–Kier alpha value is -3.39. The molecule has 164 valence electrons. The van der Waals surface area contributed by atoms with Crippen LogP contribution in [-0.4, -0.2) is 31.1 Å². The van der Waals surface area contributed by atoms with Gasteiger partial charge in [0.15, 0.2) is 0 Å². The summed E-state index contributed by atoms with van der Waals surface area (Å²) in [5.41, 5.74) is 2.69. The third kappa shape index (κ3) is 4.18. The van der Waals surface area contributed by atoms with Crippen LogP contribution in [-0.2, 0) is 7.05 Å². The molecule has 2 N–H and O–H groups in total. The van der Waals surface area contributed by atoms with E-state index in [1.807, 2.05) is 36.7 Å². The molecule has 0 bridgehead atoms. The molecule has 1 aliphatic rings. The zero-order valence-corrected chi connectivity index (χ0v) is 18.6. The van der Waals surface area contributed by atoms with Gasteiger partial charge in [-0.3, -0.25) is 4.79 Å². The standard InChI is InChI=1S/C23H23ClN6O2/c1-13(27-23-26-6-5-18(29-23)20-10-25-12-30(20)2)16-7-15-8-17(24)21(32-11-14-3-4-14)9-19(15)28-22(16)31/h5-10,12-14H,3-4,11H2,1-2H3,(H,28,31)(H,26,27,29)/t13-/m0/s1. The van der Waals surface area contributed by atoms with E-state index in [2.05, 4.69) is 25.3 Å². The number of hydrogen-bond donors (Lipinski definition) is 2. The van der Waals surface area contributed by atoms with E-state index in [1.54, 1.807) is 24.8 Å². The average molecular weight is 451 g/mol. The first-order valence-corrected chi connectivity index (χ1v) is 10.9. The van der Waals surface area contributed by atoms with E-state index in [9.17, 15) is 4.79 Å². The van der Waals surface area contributed by atoms with E-state index in [0.717, 1.165) is 16.8 Å². The van der Waals surface area contributed by atoms with Crippen LogP contribution in [0.4, 0.5) is 5.95 Å². The SMILES string of the molecule is C[C@H](Nc1nccc(-c2cncn2C)n1)c1cc2cc(Cl)c(OCC3CC3)cc2[nH]c1=O. The molecule has 1 aliphatic carbocycles. The normalized spacial score (nSPS) is 14.5. The van der Waals surface area contributed by atoms with Crippen LogP contribution in [0.15, 0.2) is 47.8 Å². The van der Waals surface area contributed by atoms with Gasteiger partial charge in [0, 0.05) is 30.3 Å². The zero-order valence-electron chi connectivity index (χ0n) is 17.8. The summed E-state index contributed by atoms with van der Waals surface area (Å²) in [7, 11) is 1.91. The summed E-state index contributed by atoms with van der Waals surface area (Å²) in [4.78, 5) is 28.8. The molecule has 5 rings (SSSR count). The number of ether oxygens (including phenoxy) is 1. The van der Waals surface area contributed by atoms with Crippen molar-refractivity contribution >= 4 is 28.5 Å². The number of pyridine rings is 1. The first-order chi connectivity index (χ1) is 15.5. The first-order valence-electron chi connectivity index (χ1n) is 10.5. The zero-order chi connectivity index (χ0) is 22.2. The summed E-state index contributed by atoms with van der Waals surface area (Å²) in [6.07, 6.45) is 7.54. The molecule has 0 saturated heterocycles. The molecular weight excluding hydrogens is 428 g/mol. The Morgan fingerprint density at radius 1 is 1.34 bits per heavy atom. The Morgan fingerprint density at radius 3 is 2.94 bits per heavy atom. The molecule has 1 atom stereocenters. The number of hydrogen-bond acceptors (Lipinski definition) is 6. The fourth-order valence-corrected chi connectivity index (χ4v) is 3.82. The Balaban J connectivity index is 1.40. The van der Waals surface area contributed by atoms with E-state index in [0.29, 0.717) is 40.3 Å². The second-order valence-corrected chi connectivity index (χ2v) is 8.61. The minimum Gasteiger partial charge on any atom is -0.492 e. The number of imidazole rings is 1. The summed E-state index contributed by atoms with van der Waals surface area (Å²) in [5.74, 6) is 1.65. The Labute approximate surface area is 189 Å². The van der Waals surface area contributed by atoms with Crippen molar-refractivity contribution < 1.29 is 4.74 Å². The van der Waals surface area contributed by atoms with Gasteiger partial charge in [0.05, 0.1) is 47.1 Å². The van der Waals surface area contributed by atoms with Crippen molar-refractivity contribution in [3.8, 4) is 17.1 Å². The number of halogens is 1. The predicted molar refractivity (Wildman–Crippen MR) is 124 cm³/mol. The highest BCUT2D eigenvalue weighted by Gasteiger charge is 2.22. The van der Waals surface area contributed by atoms with Crippen molar-refractivity contribution in [3.05, 3.63) is 63.9 Å². The minimum atomic E-state index is -0.325. The molecule has 0 spiro atoms. The molecule has 8 nitrogen and oxygen atoms in total. The molecule has 0 radical (unpaired) electrons. The van der Waals surface area contributed by atoms with Gasteiger partial charge in [-0.1, -0.05) is 11.6 Å². The van der Waals surface area contributed by atoms with E-state index < -0.39 is 0 Å². The lowest BCUT2D eigenvalue weighted by atomic mass is 10.1. The van der Waals surface area contributed by atoms with Crippen molar-refractivity contribution in [2.75, 3.05) is 11.9 Å². The quantitative estimate of drug-likeness (QED) is 0.435. The fraction of sp³-hybridized carbons (Fsp3) is 0.304. The molecule has 9 heteroatoms. The number of nitrogens with one attached hydrogen (secondary N) is 2. The van der Waals surface area contributed by atoms with Gasteiger partial charge >= 0.3 is 0 Å². The number of anilines is 1. The van der Waals surface area contributed by atoms with E-state index in [-0.39, 0.29) is 11.6 Å². The van der Waals surface area contributed by atoms with Crippen LogP contribution >= 0.6 is 11.6 Å². The van der Waals surface area contributed by atoms with Gasteiger partial charge in [-0.15, -0.1) is 0 Å². The molecule has 3 heterocycles. The van der Waals surface area contributed by atoms with E-state index >= 15 is 0 Å². The molecule has 4 aromatic rings. The second kappa shape index (κ2) is 8.27. The third-order valence-electron chi connectivity index (χ3n) is 5.64. The number of rotatable bonds is 7. The molecule has 0 amide bonds. The van der Waals surface area contributed by atoms with Crippen LogP contribution in [0.1, 0.15) is 31.4 Å². The number of benzene rings is 1. The average Bonchev–Trinajstić information content (AvgIpc) is 3.50. The van der Waals surface area contributed by atoms with Crippen LogP contribution in [0.3, 0.4) is 0 Å². The maximum Gasteiger partial charge on any atom is 0.253 e. The third-order valence-corrected chi connectivity index (χ3v) is 5.94. The van der Waals surface area contributed by atoms with Crippen molar-refractivity contribution in [1.82, 2.24) is 24.5 Å². The summed E-state index contributed by atoms with van der Waals surface area (Å²) >= 11 is 6.43. The molecule has 0 aliphatic heterocycles. The van der Waals surface area contributed by atoms with Crippen LogP contribution in [0.5, 0.6) is 5.75 Å². The maximum atomic E-state index is 12.8. The maximum absolute atomic E-state index is 12.8. The van der Waals surface area contributed by atoms with Gasteiger partial charge in [-0.2, -0.15) is 0 Å². The molecule has 3 aromatic heterocycles. The van der Waals surface area contributed by atoms with Gasteiger partial charge in [-0.05, 0) is 43.9 Å². The summed E-state index contributed by atoms with van der Waals surface area (Å²) in [6.45, 7) is 2.55. The summed E-state index contributed by atoms with van der Waals surface area (Å²) < 4.78 is 7.71. The van der Waals surface area contributed by atoms with Crippen molar-refractivity contribution in [3.63, 3.8) is 0 Å². The van der Waals surface area contributed by atoms with Crippen LogP contribution in [0.2, 0.25) is 5.02 Å². The number of H-pyrrole nitrogens is 1.